The molecule has 1 fully saturated rings. The topological polar surface area (TPSA) is 23.6 Å². The average molecular weight is 155 g/mol. The van der Waals surface area contributed by atoms with Gasteiger partial charge in [-0.25, -0.2) is 0 Å². The van der Waals surface area contributed by atoms with Crippen molar-refractivity contribution in [3.8, 4) is 0 Å². The van der Waals surface area contributed by atoms with E-state index in [1.807, 2.05) is 30.8 Å². The first-order valence-corrected chi connectivity index (χ1v) is 3.90. The van der Waals surface area contributed by atoms with Crippen molar-refractivity contribution in [2.45, 2.75) is 13.0 Å². The van der Waals surface area contributed by atoms with E-state index in [-0.39, 0.29) is 11.9 Å². The summed E-state index contributed by atoms with van der Waals surface area (Å²) in [5.41, 5.74) is 0. The summed E-state index contributed by atoms with van der Waals surface area (Å²) < 4.78 is 0. The number of likely N-dealkylation sites (N-methyl/N-ethyl adjacent to an activating group) is 1. The molecule has 1 saturated heterocycles. The molecule has 1 radical (unpaired) electrons. The van der Waals surface area contributed by atoms with Gasteiger partial charge in [-0.15, -0.1) is 0 Å². The number of carbonyl (C=O) groups excluding carboxylic acids is 1. The summed E-state index contributed by atoms with van der Waals surface area (Å²) in [6, 6.07) is 0.0173. The van der Waals surface area contributed by atoms with E-state index < -0.39 is 0 Å². The van der Waals surface area contributed by atoms with Crippen molar-refractivity contribution in [3.63, 3.8) is 0 Å². The Morgan fingerprint density at radius 2 is 2.09 bits per heavy atom. The Morgan fingerprint density at radius 1 is 1.55 bits per heavy atom. The fourth-order valence-corrected chi connectivity index (χ4v) is 0.923. The fourth-order valence-electron chi connectivity index (χ4n) is 0.923. The molecular formula is C8H15N2O. The Bertz CT molecular complexity index is 152. The van der Waals surface area contributed by atoms with Gasteiger partial charge in [0.2, 0.25) is 5.91 Å². The van der Waals surface area contributed by atoms with Crippen molar-refractivity contribution in [3.05, 3.63) is 6.42 Å². The van der Waals surface area contributed by atoms with Crippen molar-refractivity contribution in [2.24, 2.45) is 0 Å². The zero-order chi connectivity index (χ0) is 8.43. The van der Waals surface area contributed by atoms with Crippen LogP contribution in [0.1, 0.15) is 6.92 Å². The normalized spacial score (nSPS) is 19.8. The average Bonchev–Trinajstić information content (AvgIpc) is 1.82. The van der Waals surface area contributed by atoms with Gasteiger partial charge in [-0.2, -0.15) is 0 Å². The maximum atomic E-state index is 11.4. The molecular weight excluding hydrogens is 140 g/mol. The predicted molar refractivity (Wildman–Crippen MR) is 44.0 cm³/mol. The number of hydrogen-bond acceptors (Lipinski definition) is 2. The molecule has 0 aromatic heterocycles. The van der Waals surface area contributed by atoms with Gasteiger partial charge in [-0.3, -0.25) is 9.69 Å². The molecule has 0 aromatic carbocycles. The van der Waals surface area contributed by atoms with Crippen LogP contribution >= 0.6 is 0 Å². The number of rotatable bonds is 2. The van der Waals surface area contributed by atoms with E-state index in [2.05, 4.69) is 6.42 Å². The van der Waals surface area contributed by atoms with Gasteiger partial charge < -0.3 is 4.90 Å². The van der Waals surface area contributed by atoms with E-state index in [4.69, 9.17) is 0 Å². The summed E-state index contributed by atoms with van der Waals surface area (Å²) in [5.74, 6) is 0.234. The number of amides is 1. The summed E-state index contributed by atoms with van der Waals surface area (Å²) in [6.45, 7) is 3.59. The van der Waals surface area contributed by atoms with Gasteiger partial charge in [0.15, 0.2) is 0 Å². The van der Waals surface area contributed by atoms with Crippen molar-refractivity contribution in [1.29, 1.82) is 0 Å². The third-order valence-corrected chi connectivity index (χ3v) is 2.14. The molecule has 3 nitrogen and oxygen atoms in total. The van der Waals surface area contributed by atoms with E-state index >= 15 is 0 Å². The lowest BCUT2D eigenvalue weighted by Crippen LogP contribution is -2.50. The minimum absolute atomic E-state index is 0.0173. The smallest absolute Gasteiger partial charge is 0.239 e. The second kappa shape index (κ2) is 3.22. The highest BCUT2D eigenvalue weighted by Crippen LogP contribution is 2.08. The molecule has 1 aliphatic heterocycles. The van der Waals surface area contributed by atoms with Gasteiger partial charge in [0.05, 0.1) is 6.04 Å². The second-order valence-corrected chi connectivity index (χ2v) is 3.17. The summed E-state index contributed by atoms with van der Waals surface area (Å²) in [5, 5.41) is 0. The van der Waals surface area contributed by atoms with E-state index in [9.17, 15) is 4.79 Å². The van der Waals surface area contributed by atoms with Crippen LogP contribution in [0.4, 0.5) is 0 Å². The maximum Gasteiger partial charge on any atom is 0.239 e. The van der Waals surface area contributed by atoms with Gasteiger partial charge in [-0.05, 0) is 21.0 Å². The molecule has 0 aliphatic carbocycles. The molecule has 1 aliphatic rings. The first kappa shape index (κ1) is 8.53. The van der Waals surface area contributed by atoms with Gasteiger partial charge in [0.25, 0.3) is 0 Å². The van der Waals surface area contributed by atoms with E-state index in [0.29, 0.717) is 0 Å². The standard InChI is InChI=1S/C8H15N2O/c1-7(9(2)3)8(11)10-5-4-6-10/h4,7H,5-6H2,1-3H3. The van der Waals surface area contributed by atoms with Crippen LogP contribution in [-0.4, -0.2) is 48.9 Å². The van der Waals surface area contributed by atoms with Gasteiger partial charge >= 0.3 is 0 Å². The summed E-state index contributed by atoms with van der Waals surface area (Å²) in [6.07, 6.45) is 2.10. The van der Waals surface area contributed by atoms with E-state index in [0.717, 1.165) is 13.1 Å². The second-order valence-electron chi connectivity index (χ2n) is 3.17. The lowest BCUT2D eigenvalue weighted by atomic mass is 10.1. The van der Waals surface area contributed by atoms with Crippen molar-refractivity contribution >= 4 is 5.91 Å². The molecule has 63 valence electrons. The molecule has 0 saturated carbocycles. The predicted octanol–water partition coefficient (Wildman–Crippen LogP) is -0.0170. The Hall–Kier alpha value is -0.570. The van der Waals surface area contributed by atoms with Crippen LogP contribution in [-0.2, 0) is 4.79 Å². The molecule has 0 bridgehead atoms. The molecule has 0 aromatic rings. The third-order valence-electron chi connectivity index (χ3n) is 2.14. The molecule has 0 spiro atoms. The van der Waals surface area contributed by atoms with Crippen LogP contribution in [0.3, 0.4) is 0 Å². The minimum atomic E-state index is 0.0173. The quantitative estimate of drug-likeness (QED) is 0.559. The molecule has 1 unspecified atom stereocenters. The minimum Gasteiger partial charge on any atom is -0.341 e. The first-order valence-electron chi connectivity index (χ1n) is 3.90. The summed E-state index contributed by atoms with van der Waals surface area (Å²) in [4.78, 5) is 15.2. The van der Waals surface area contributed by atoms with Crippen molar-refractivity contribution < 1.29 is 4.79 Å². The van der Waals surface area contributed by atoms with Crippen LogP contribution in [0.15, 0.2) is 0 Å². The largest absolute Gasteiger partial charge is 0.341 e. The third kappa shape index (κ3) is 1.71. The summed E-state index contributed by atoms with van der Waals surface area (Å²) in [7, 11) is 3.85. The van der Waals surface area contributed by atoms with Crippen LogP contribution in [0.25, 0.3) is 0 Å². The Morgan fingerprint density at radius 3 is 2.36 bits per heavy atom. The number of likely N-dealkylation sites (tertiary alicyclic amines) is 1. The van der Waals surface area contributed by atoms with Crippen molar-refractivity contribution in [1.82, 2.24) is 9.80 Å². The zero-order valence-electron chi connectivity index (χ0n) is 7.37. The highest BCUT2D eigenvalue weighted by Gasteiger charge is 2.25. The molecule has 1 amide bonds. The zero-order valence-corrected chi connectivity index (χ0v) is 7.37. The van der Waals surface area contributed by atoms with Crippen LogP contribution in [0.2, 0.25) is 0 Å². The Kier molecular flexibility index (Phi) is 2.49. The van der Waals surface area contributed by atoms with Gasteiger partial charge in [-0.1, -0.05) is 0 Å². The van der Waals surface area contributed by atoms with Crippen molar-refractivity contribution in [2.75, 3.05) is 27.2 Å². The van der Waals surface area contributed by atoms with E-state index in [1.54, 1.807) is 0 Å². The lowest BCUT2D eigenvalue weighted by molar-refractivity contribution is -0.137. The number of carbonyl (C=O) groups is 1. The van der Waals surface area contributed by atoms with Crippen LogP contribution in [0, 0.1) is 6.42 Å². The highest BCUT2D eigenvalue weighted by atomic mass is 16.2. The molecule has 1 rings (SSSR count). The number of nitrogens with zero attached hydrogens (tertiary/aromatic N) is 2. The maximum absolute atomic E-state index is 11.4. The highest BCUT2D eigenvalue weighted by molar-refractivity contribution is 5.82. The Labute approximate surface area is 68.0 Å². The van der Waals surface area contributed by atoms with E-state index in [1.165, 1.54) is 0 Å². The molecule has 1 atom stereocenters. The summed E-state index contributed by atoms with van der Waals surface area (Å²) >= 11 is 0. The molecule has 3 heteroatoms. The number of hydrogen-bond donors (Lipinski definition) is 0. The van der Waals surface area contributed by atoms with Crippen LogP contribution in [0.5, 0.6) is 0 Å². The van der Waals surface area contributed by atoms with Crippen LogP contribution < -0.4 is 0 Å². The fraction of sp³-hybridized carbons (Fsp3) is 0.750. The molecule has 11 heavy (non-hydrogen) atoms. The SMILES string of the molecule is CC(C(=O)N1C[CH]C1)N(C)C. The lowest BCUT2D eigenvalue weighted by Gasteiger charge is -2.34. The first-order chi connectivity index (χ1) is 5.13. The monoisotopic (exact) mass is 155 g/mol. The Balaban J connectivity index is 2.39. The van der Waals surface area contributed by atoms with Gasteiger partial charge in [0, 0.05) is 19.5 Å². The molecule has 1 heterocycles. The van der Waals surface area contributed by atoms with Gasteiger partial charge in [0.1, 0.15) is 0 Å². The molecule has 0 N–H and O–H groups in total.